The van der Waals surface area contributed by atoms with Gasteiger partial charge in [0, 0.05) is 19.3 Å². The molecule has 0 N–H and O–H groups in total. The number of carbonyl (C=O) groups excluding carboxylic acids is 3. The van der Waals surface area contributed by atoms with Gasteiger partial charge in [0.05, 0.1) is 0 Å². The zero-order valence-electron chi connectivity index (χ0n) is 51.4. The molecule has 6 heteroatoms. The number of unbranched alkanes of at least 4 members (excludes halogenated alkanes) is 33. The van der Waals surface area contributed by atoms with Gasteiger partial charge in [0.25, 0.3) is 0 Å². The number of rotatable bonds is 60. The topological polar surface area (TPSA) is 78.9 Å². The maximum absolute atomic E-state index is 12.9. The van der Waals surface area contributed by atoms with Crippen molar-refractivity contribution in [1.29, 1.82) is 0 Å². The summed E-state index contributed by atoms with van der Waals surface area (Å²) in [7, 11) is 0. The van der Waals surface area contributed by atoms with E-state index in [0.717, 1.165) is 116 Å². The van der Waals surface area contributed by atoms with Crippen molar-refractivity contribution < 1.29 is 28.6 Å². The van der Waals surface area contributed by atoms with Gasteiger partial charge in [0.15, 0.2) is 6.10 Å². The van der Waals surface area contributed by atoms with Crippen molar-refractivity contribution in [2.45, 2.75) is 329 Å². The van der Waals surface area contributed by atoms with Gasteiger partial charge in [-0.2, -0.15) is 0 Å². The molecule has 0 aromatic carbocycles. The molecule has 0 saturated carbocycles. The summed E-state index contributed by atoms with van der Waals surface area (Å²) in [5, 5.41) is 0. The Morgan fingerprint density at radius 2 is 0.526 bits per heavy atom. The Balaban J connectivity index is 4.23. The van der Waals surface area contributed by atoms with Gasteiger partial charge in [-0.3, -0.25) is 14.4 Å². The minimum atomic E-state index is -0.786. The Bertz CT molecular complexity index is 1530. The van der Waals surface area contributed by atoms with E-state index < -0.39 is 6.10 Å². The van der Waals surface area contributed by atoms with Gasteiger partial charge in [-0.15, -0.1) is 0 Å². The number of hydrogen-bond donors (Lipinski definition) is 0. The minimum absolute atomic E-state index is 0.0821. The molecular weight excluding hydrogens is 961 g/mol. The third-order valence-corrected chi connectivity index (χ3v) is 14.3. The molecule has 1 atom stereocenters. The Kier molecular flexibility index (Phi) is 62.7. The van der Waals surface area contributed by atoms with E-state index >= 15 is 0 Å². The molecule has 0 aromatic rings. The second kappa shape index (κ2) is 65.8. The maximum Gasteiger partial charge on any atom is 0.306 e. The first-order valence-electron chi connectivity index (χ1n) is 33.2. The highest BCUT2D eigenvalue weighted by atomic mass is 16.6. The smallest absolute Gasteiger partial charge is 0.306 e. The van der Waals surface area contributed by atoms with Gasteiger partial charge < -0.3 is 14.2 Å². The average Bonchev–Trinajstić information content (AvgIpc) is 3.44. The van der Waals surface area contributed by atoms with Gasteiger partial charge in [0.1, 0.15) is 13.2 Å². The summed E-state index contributed by atoms with van der Waals surface area (Å²) in [5.74, 6) is -0.891. The predicted octanol–water partition coefficient (Wildman–Crippen LogP) is 22.8. The average molecular weight is 1090 g/mol. The van der Waals surface area contributed by atoms with Gasteiger partial charge in [0.2, 0.25) is 0 Å². The first-order valence-corrected chi connectivity index (χ1v) is 33.2. The summed E-state index contributed by atoms with van der Waals surface area (Å²) < 4.78 is 16.9. The van der Waals surface area contributed by atoms with E-state index in [4.69, 9.17) is 14.2 Å². The molecule has 1 unspecified atom stereocenters. The number of ether oxygens (including phenoxy) is 3. The van der Waals surface area contributed by atoms with E-state index in [2.05, 4.69) is 118 Å². The lowest BCUT2D eigenvalue weighted by Crippen LogP contribution is -2.30. The van der Waals surface area contributed by atoms with Crippen LogP contribution < -0.4 is 0 Å². The Hall–Kier alpha value is -3.67. The molecule has 0 aromatic heterocycles. The zero-order valence-corrected chi connectivity index (χ0v) is 51.4. The van der Waals surface area contributed by atoms with Crippen LogP contribution in [0.15, 0.2) is 97.2 Å². The van der Waals surface area contributed by atoms with Crippen LogP contribution in [-0.2, 0) is 28.6 Å². The molecule has 0 radical (unpaired) electrons. The van der Waals surface area contributed by atoms with Crippen molar-refractivity contribution in [1.82, 2.24) is 0 Å². The van der Waals surface area contributed by atoms with Crippen molar-refractivity contribution >= 4 is 17.9 Å². The van der Waals surface area contributed by atoms with Crippen molar-refractivity contribution in [3.63, 3.8) is 0 Å². The van der Waals surface area contributed by atoms with Gasteiger partial charge >= 0.3 is 17.9 Å². The van der Waals surface area contributed by atoms with E-state index in [1.807, 2.05) is 0 Å². The maximum atomic E-state index is 12.9. The fourth-order valence-corrected chi connectivity index (χ4v) is 9.33. The largest absolute Gasteiger partial charge is 0.462 e. The monoisotopic (exact) mass is 1080 g/mol. The second-order valence-electron chi connectivity index (χ2n) is 22.0. The number of allylic oxidation sites excluding steroid dienone is 16. The molecule has 0 aliphatic carbocycles. The van der Waals surface area contributed by atoms with Crippen LogP contribution in [-0.4, -0.2) is 37.2 Å². The summed E-state index contributed by atoms with van der Waals surface area (Å²) in [4.78, 5) is 38.3. The van der Waals surface area contributed by atoms with Gasteiger partial charge in [-0.05, 0) is 116 Å². The molecule has 0 aliphatic heterocycles. The summed E-state index contributed by atoms with van der Waals surface area (Å²) in [6.45, 7) is 6.47. The molecule has 448 valence electrons. The molecule has 0 saturated heterocycles. The van der Waals surface area contributed by atoms with E-state index in [1.165, 1.54) is 167 Å². The molecule has 0 fully saturated rings. The number of hydrogen-bond acceptors (Lipinski definition) is 6. The Morgan fingerprint density at radius 3 is 0.846 bits per heavy atom. The third kappa shape index (κ3) is 63.2. The van der Waals surface area contributed by atoms with Crippen LogP contribution in [0.5, 0.6) is 0 Å². The minimum Gasteiger partial charge on any atom is -0.462 e. The van der Waals surface area contributed by atoms with Gasteiger partial charge in [-0.1, -0.05) is 285 Å². The van der Waals surface area contributed by atoms with Crippen LogP contribution in [0.3, 0.4) is 0 Å². The predicted molar refractivity (Wildman–Crippen MR) is 339 cm³/mol. The van der Waals surface area contributed by atoms with E-state index in [-0.39, 0.29) is 31.1 Å². The van der Waals surface area contributed by atoms with Crippen LogP contribution in [0.1, 0.15) is 323 Å². The van der Waals surface area contributed by atoms with Crippen LogP contribution in [0.4, 0.5) is 0 Å². The lowest BCUT2D eigenvalue weighted by molar-refractivity contribution is -0.167. The zero-order chi connectivity index (χ0) is 56.4. The van der Waals surface area contributed by atoms with Crippen LogP contribution in [0.2, 0.25) is 0 Å². The van der Waals surface area contributed by atoms with Crippen LogP contribution in [0.25, 0.3) is 0 Å². The van der Waals surface area contributed by atoms with Crippen molar-refractivity contribution in [3.05, 3.63) is 97.2 Å². The molecule has 0 aliphatic rings. The third-order valence-electron chi connectivity index (χ3n) is 14.3. The standard InChI is InChI=1S/C72H124O6/c1-4-7-10-13-16-19-22-24-26-28-30-32-34-35-36-37-39-40-42-44-46-48-50-53-56-59-62-65-71(74)77-68-69(67-76-70(73)64-61-58-55-52-21-18-15-12-9-6-3)78-72(75)66-63-60-57-54-51-49-47-45-43-41-38-33-31-29-27-25-23-20-17-14-11-8-5-2/h7,10,12,15-16,19,23-26,29-32,38,41,69H,4-6,8-9,11,13-14,17-18,20-22,27-28,33-37,39-40,42-68H2,1-3H3/b10-7-,15-12-,19-16-,25-23-,26-24-,31-29-,32-30-,41-38-. The molecule has 0 amide bonds. The number of esters is 3. The summed E-state index contributed by atoms with van der Waals surface area (Å²) >= 11 is 0. The summed E-state index contributed by atoms with van der Waals surface area (Å²) in [6, 6.07) is 0. The lowest BCUT2D eigenvalue weighted by Gasteiger charge is -2.18. The normalized spacial score (nSPS) is 12.7. The quantitative estimate of drug-likeness (QED) is 0.0261. The molecular formula is C72H124O6. The Morgan fingerprint density at radius 1 is 0.269 bits per heavy atom. The molecule has 78 heavy (non-hydrogen) atoms. The molecule has 0 heterocycles. The fraction of sp³-hybridized carbons (Fsp3) is 0.736. The summed E-state index contributed by atoms with van der Waals surface area (Å²) in [5.41, 5.74) is 0. The molecule has 6 nitrogen and oxygen atoms in total. The summed E-state index contributed by atoms with van der Waals surface area (Å²) in [6.07, 6.45) is 88.6. The first-order chi connectivity index (χ1) is 38.5. The fourth-order valence-electron chi connectivity index (χ4n) is 9.33. The SMILES string of the molecule is CC/C=C\C/C=C\C/C=C\C/C=C\CCCCCCCCCCCCCCCCC(=O)OCC(COC(=O)CCCCCCC/C=C\CCC)OC(=O)CCCCCCCCCC/C=C\C/C=C\C/C=C\CCCCCCC. The highest BCUT2D eigenvalue weighted by molar-refractivity contribution is 5.71. The lowest BCUT2D eigenvalue weighted by atomic mass is 10.0. The van der Waals surface area contributed by atoms with E-state index in [0.29, 0.717) is 19.3 Å². The molecule has 0 bridgehead atoms. The van der Waals surface area contributed by atoms with Crippen LogP contribution >= 0.6 is 0 Å². The van der Waals surface area contributed by atoms with E-state index in [9.17, 15) is 14.4 Å². The van der Waals surface area contributed by atoms with Crippen LogP contribution in [0, 0.1) is 0 Å². The van der Waals surface area contributed by atoms with Crippen molar-refractivity contribution in [2.75, 3.05) is 13.2 Å². The van der Waals surface area contributed by atoms with Gasteiger partial charge in [-0.25, -0.2) is 0 Å². The number of carbonyl (C=O) groups is 3. The Labute approximate surface area is 483 Å². The molecule has 0 spiro atoms. The first kappa shape index (κ1) is 74.3. The second-order valence-corrected chi connectivity index (χ2v) is 22.0. The van der Waals surface area contributed by atoms with E-state index in [1.54, 1.807) is 0 Å². The van der Waals surface area contributed by atoms with Crippen molar-refractivity contribution in [3.8, 4) is 0 Å². The highest BCUT2D eigenvalue weighted by Gasteiger charge is 2.19. The highest BCUT2D eigenvalue weighted by Crippen LogP contribution is 2.16. The molecule has 0 rings (SSSR count). The van der Waals surface area contributed by atoms with Crippen molar-refractivity contribution in [2.24, 2.45) is 0 Å².